The van der Waals surface area contributed by atoms with Crippen LogP contribution in [0.5, 0.6) is 0 Å². The quantitative estimate of drug-likeness (QED) is 0.439. The molecule has 1 aromatic carbocycles. The number of aliphatic hydroxyl groups excluding tert-OH is 1. The van der Waals surface area contributed by atoms with Crippen LogP contribution in [0.3, 0.4) is 0 Å². The summed E-state index contributed by atoms with van der Waals surface area (Å²) in [4.78, 5) is 4.12. The van der Waals surface area contributed by atoms with Crippen molar-refractivity contribution in [1.82, 2.24) is 5.32 Å². The molecule has 0 radical (unpaired) electrons. The van der Waals surface area contributed by atoms with Crippen LogP contribution in [0.4, 0.5) is 0 Å². The first kappa shape index (κ1) is 17.6. The van der Waals surface area contributed by atoms with E-state index in [0.717, 1.165) is 17.5 Å². The van der Waals surface area contributed by atoms with E-state index >= 15 is 0 Å². The lowest BCUT2D eigenvalue weighted by Crippen LogP contribution is -2.37. The monoisotopic (exact) mass is 290 g/mol. The topological polar surface area (TPSA) is 53.9 Å². The highest BCUT2D eigenvalue weighted by molar-refractivity contribution is 5.31. The van der Waals surface area contributed by atoms with E-state index in [1.54, 1.807) is 0 Å². The van der Waals surface area contributed by atoms with Gasteiger partial charge in [-0.25, -0.2) is 0 Å². The Balaban J connectivity index is 2.64. The fourth-order valence-electron chi connectivity index (χ4n) is 1.97. The Bertz CT molecular complexity index is 466. The Hall–Kier alpha value is -1.49. The zero-order chi connectivity index (χ0) is 15.9. The average molecular weight is 290 g/mol. The second-order valence-electron chi connectivity index (χ2n) is 5.93. The summed E-state index contributed by atoms with van der Waals surface area (Å²) < 4.78 is 5.40. The van der Waals surface area contributed by atoms with Gasteiger partial charge in [0.15, 0.2) is 0 Å². The number of hydrogen-bond donors (Lipinski definition) is 2. The van der Waals surface area contributed by atoms with Gasteiger partial charge in [0.05, 0.1) is 11.6 Å². The van der Waals surface area contributed by atoms with Crippen LogP contribution < -0.4 is 5.32 Å². The minimum absolute atomic E-state index is 0.0261. The van der Waals surface area contributed by atoms with Crippen molar-refractivity contribution in [3.63, 3.8) is 0 Å². The molecule has 0 amide bonds. The van der Waals surface area contributed by atoms with E-state index in [0.29, 0.717) is 6.54 Å². The van der Waals surface area contributed by atoms with E-state index in [1.165, 1.54) is 0 Å². The lowest BCUT2D eigenvalue weighted by molar-refractivity contribution is -0.182. The van der Waals surface area contributed by atoms with E-state index in [-0.39, 0.29) is 6.04 Å². The maximum atomic E-state index is 9.78. The normalized spacial score (nSPS) is 14.5. The fraction of sp³-hybridized carbons (Fsp3) is 0.471. The summed E-state index contributed by atoms with van der Waals surface area (Å²) in [7, 11) is 0. The van der Waals surface area contributed by atoms with Crippen molar-refractivity contribution < 1.29 is 9.84 Å². The molecular weight excluding hydrogens is 264 g/mol. The van der Waals surface area contributed by atoms with Gasteiger partial charge in [-0.1, -0.05) is 30.3 Å². The summed E-state index contributed by atoms with van der Waals surface area (Å²) in [5.74, 6) is 0. The van der Waals surface area contributed by atoms with Crippen molar-refractivity contribution in [2.24, 2.45) is 4.99 Å². The van der Waals surface area contributed by atoms with Gasteiger partial charge in [0.25, 0.3) is 0 Å². The third-order valence-electron chi connectivity index (χ3n) is 2.89. The van der Waals surface area contributed by atoms with Gasteiger partial charge in [0.2, 0.25) is 6.41 Å². The molecule has 0 fully saturated rings. The van der Waals surface area contributed by atoms with Crippen LogP contribution >= 0.6 is 0 Å². The molecule has 2 unspecified atom stereocenters. The average Bonchev–Trinajstić information content (AvgIpc) is 2.41. The second kappa shape index (κ2) is 8.08. The summed E-state index contributed by atoms with van der Waals surface area (Å²) in [6, 6.07) is 8.07. The zero-order valence-electron chi connectivity index (χ0n) is 13.2. The number of rotatable bonds is 8. The Morgan fingerprint density at radius 2 is 2.14 bits per heavy atom. The molecule has 4 heteroatoms. The molecule has 116 valence electrons. The molecule has 0 aliphatic carbocycles. The molecule has 0 aromatic heterocycles. The minimum atomic E-state index is -0.991. The standard InChI is InChI=1S/C17H26N2O2/c1-6-8-15(18-5)14-10-7-9-13(11-14)12-19-16(20)21-17(2,3)4/h6-7,9-11,15-16,19-20H,1,5,8,12H2,2-4H3. The number of nitrogens with zero attached hydrogens (tertiary/aromatic N) is 1. The van der Waals surface area contributed by atoms with E-state index in [2.05, 4.69) is 29.7 Å². The van der Waals surface area contributed by atoms with Crippen LogP contribution in [0.2, 0.25) is 0 Å². The molecule has 1 rings (SSSR count). The first-order valence-electron chi connectivity index (χ1n) is 7.10. The van der Waals surface area contributed by atoms with Gasteiger partial charge in [-0.05, 0) is 45.0 Å². The highest BCUT2D eigenvalue weighted by Gasteiger charge is 2.16. The van der Waals surface area contributed by atoms with Crippen LogP contribution in [0, 0.1) is 0 Å². The third kappa shape index (κ3) is 6.67. The number of aliphatic imine (C=N–C) groups is 1. The molecule has 0 saturated carbocycles. The summed E-state index contributed by atoms with van der Waals surface area (Å²) >= 11 is 0. The van der Waals surface area contributed by atoms with Crippen LogP contribution in [0.25, 0.3) is 0 Å². The number of benzene rings is 1. The van der Waals surface area contributed by atoms with Crippen LogP contribution in [0.1, 0.15) is 44.4 Å². The summed E-state index contributed by atoms with van der Waals surface area (Å²) in [6.45, 7) is 13.6. The summed E-state index contributed by atoms with van der Waals surface area (Å²) in [5.41, 5.74) is 1.76. The van der Waals surface area contributed by atoms with Crippen molar-refractivity contribution in [3.05, 3.63) is 48.0 Å². The van der Waals surface area contributed by atoms with Crippen molar-refractivity contribution in [2.75, 3.05) is 0 Å². The summed E-state index contributed by atoms with van der Waals surface area (Å²) in [6.07, 6.45) is 1.61. The molecular formula is C17H26N2O2. The predicted molar refractivity (Wildman–Crippen MR) is 87.2 cm³/mol. The maximum absolute atomic E-state index is 9.78. The van der Waals surface area contributed by atoms with Gasteiger partial charge in [-0.15, -0.1) is 6.58 Å². The Kier molecular flexibility index (Phi) is 6.75. The third-order valence-corrected chi connectivity index (χ3v) is 2.89. The number of aliphatic hydroxyl groups is 1. The lowest BCUT2D eigenvalue weighted by Gasteiger charge is -2.24. The van der Waals surface area contributed by atoms with E-state index in [9.17, 15) is 5.11 Å². The second-order valence-corrected chi connectivity index (χ2v) is 5.93. The first-order chi connectivity index (χ1) is 9.85. The molecule has 2 atom stereocenters. The van der Waals surface area contributed by atoms with E-state index < -0.39 is 12.0 Å². The SMILES string of the molecule is C=CCC(N=C)c1cccc(CNC(O)OC(C)(C)C)c1. The smallest absolute Gasteiger partial charge is 0.214 e. The van der Waals surface area contributed by atoms with Crippen molar-refractivity contribution in [3.8, 4) is 0 Å². The van der Waals surface area contributed by atoms with Crippen LogP contribution in [0.15, 0.2) is 41.9 Å². The Morgan fingerprint density at radius 3 is 2.71 bits per heavy atom. The minimum Gasteiger partial charge on any atom is -0.356 e. The molecule has 1 aromatic rings. The first-order valence-corrected chi connectivity index (χ1v) is 7.10. The number of ether oxygens (including phenoxy) is 1. The van der Waals surface area contributed by atoms with Gasteiger partial charge < -0.3 is 9.84 Å². The van der Waals surface area contributed by atoms with Gasteiger partial charge in [-0.3, -0.25) is 10.3 Å². The molecule has 0 saturated heterocycles. The summed E-state index contributed by atoms with van der Waals surface area (Å²) in [5, 5.41) is 12.7. The van der Waals surface area contributed by atoms with Gasteiger partial charge in [0, 0.05) is 6.54 Å². The van der Waals surface area contributed by atoms with Gasteiger partial charge in [-0.2, -0.15) is 0 Å². The molecule has 0 heterocycles. The Labute approximate surface area is 127 Å². The number of hydrogen-bond acceptors (Lipinski definition) is 4. The molecule has 2 N–H and O–H groups in total. The largest absolute Gasteiger partial charge is 0.356 e. The zero-order valence-corrected chi connectivity index (χ0v) is 13.2. The molecule has 4 nitrogen and oxygen atoms in total. The predicted octanol–water partition coefficient (Wildman–Crippen LogP) is 3.19. The van der Waals surface area contributed by atoms with Crippen molar-refractivity contribution >= 4 is 6.72 Å². The highest BCUT2D eigenvalue weighted by atomic mass is 16.6. The molecule has 0 aliphatic heterocycles. The lowest BCUT2D eigenvalue weighted by atomic mass is 10.0. The van der Waals surface area contributed by atoms with E-state index in [1.807, 2.05) is 45.0 Å². The van der Waals surface area contributed by atoms with Crippen molar-refractivity contribution in [1.29, 1.82) is 0 Å². The fourth-order valence-corrected chi connectivity index (χ4v) is 1.97. The maximum Gasteiger partial charge on any atom is 0.214 e. The van der Waals surface area contributed by atoms with Crippen LogP contribution in [-0.4, -0.2) is 23.8 Å². The van der Waals surface area contributed by atoms with Crippen LogP contribution in [-0.2, 0) is 11.3 Å². The Morgan fingerprint density at radius 1 is 1.43 bits per heavy atom. The molecule has 21 heavy (non-hydrogen) atoms. The van der Waals surface area contributed by atoms with E-state index in [4.69, 9.17) is 4.74 Å². The highest BCUT2D eigenvalue weighted by Crippen LogP contribution is 2.22. The molecule has 0 bridgehead atoms. The number of nitrogens with one attached hydrogen (secondary N) is 1. The molecule has 0 spiro atoms. The van der Waals surface area contributed by atoms with Gasteiger partial charge in [0.1, 0.15) is 0 Å². The molecule has 0 aliphatic rings. The van der Waals surface area contributed by atoms with Crippen molar-refractivity contribution in [2.45, 2.75) is 51.8 Å². The van der Waals surface area contributed by atoms with Gasteiger partial charge >= 0.3 is 0 Å².